The van der Waals surface area contributed by atoms with Crippen LogP contribution in [0.1, 0.15) is 2.85 Å². The second-order valence-electron chi connectivity index (χ2n) is 0.448. The first-order valence-electron chi connectivity index (χ1n) is 0.698. The summed E-state index contributed by atoms with van der Waals surface area (Å²) in [6.07, 6.45) is 0. The average Bonchev–Trinajstić information content (AvgIpc) is 0.722. The fourth-order valence-electron chi connectivity index (χ4n) is 0. The summed E-state index contributed by atoms with van der Waals surface area (Å²) in [5.74, 6) is 0. The van der Waals surface area contributed by atoms with Crippen molar-refractivity contribution >= 4 is 33.5 Å². The maximum absolute atomic E-state index is 8.74. The van der Waals surface area contributed by atoms with E-state index in [9.17, 15) is 0 Å². The van der Waals surface area contributed by atoms with Crippen LogP contribution in [0, 0.1) is 0 Å². The minimum absolute atomic E-state index is 0. The van der Waals surface area contributed by atoms with Gasteiger partial charge < -0.3 is 41.9 Å². The second kappa shape index (κ2) is 39.4. The van der Waals surface area contributed by atoms with E-state index in [4.69, 9.17) is 17.5 Å². The molecule has 0 amide bonds. The molecule has 0 aliphatic rings. The molecule has 0 aromatic carbocycles. The minimum Gasteiger partial charge on any atom is -1.00 e. The Morgan fingerprint density at radius 2 is 0.769 bits per heavy atom. The molecular formula is H19MgNO10S. The summed E-state index contributed by atoms with van der Waals surface area (Å²) in [4.78, 5) is 0. The van der Waals surface area contributed by atoms with Crippen LogP contribution in [0.15, 0.2) is 0 Å². The van der Waals surface area contributed by atoms with Crippen molar-refractivity contribution in [3.63, 3.8) is 0 Å². The van der Waals surface area contributed by atoms with E-state index in [1.165, 1.54) is 0 Å². The van der Waals surface area contributed by atoms with Gasteiger partial charge in [0, 0.05) is 0 Å². The van der Waals surface area contributed by atoms with Crippen LogP contribution >= 0.6 is 0 Å². The summed E-state index contributed by atoms with van der Waals surface area (Å²) in [6, 6.07) is 0. The second-order valence-corrected chi connectivity index (χ2v) is 1.34. The molecule has 0 radical (unpaired) electrons. The van der Waals surface area contributed by atoms with E-state index < -0.39 is 10.4 Å². The molecule has 0 heterocycles. The van der Waals surface area contributed by atoms with Gasteiger partial charge in [-0.25, -0.2) is 0 Å². The van der Waals surface area contributed by atoms with Gasteiger partial charge in [0.1, 0.15) is 0 Å². The summed E-state index contributed by atoms with van der Waals surface area (Å²) in [5, 5.41) is 0. The van der Waals surface area contributed by atoms with Gasteiger partial charge in [0.25, 0.3) is 0 Å². The Hall–Kier alpha value is 0.356. The summed E-state index contributed by atoms with van der Waals surface area (Å²) in [7, 11) is -4.67. The van der Waals surface area contributed by atoms with Gasteiger partial charge in [0.2, 0.25) is 0 Å². The zero-order chi connectivity index (χ0) is 4.50. The molecule has 17 N–H and O–H groups in total. The zero-order valence-corrected chi connectivity index (χ0v) is 8.76. The smallest absolute Gasteiger partial charge is 1.00 e. The fraction of sp³-hybridized carbons (Fsp3) is 0. The van der Waals surface area contributed by atoms with Gasteiger partial charge in [-0.05, 0) is 0 Å². The molecular weight excluding hydrogens is 230 g/mol. The first-order chi connectivity index (χ1) is 2.00. The quantitative estimate of drug-likeness (QED) is 0.278. The molecule has 0 rings (SSSR count). The largest absolute Gasteiger partial charge is 2.00 e. The molecule has 0 bridgehead atoms. The molecule has 0 fully saturated rings. The van der Waals surface area contributed by atoms with Crippen molar-refractivity contribution in [2.24, 2.45) is 0 Å². The summed E-state index contributed by atoms with van der Waals surface area (Å²) < 4.78 is 31.6. The van der Waals surface area contributed by atoms with Crippen LogP contribution in [0.5, 0.6) is 0 Å². The van der Waals surface area contributed by atoms with Crippen LogP contribution in [0.25, 0.3) is 0 Å². The molecule has 0 aliphatic heterocycles. The van der Waals surface area contributed by atoms with Crippen LogP contribution in [0.4, 0.5) is 0 Å². The SMILES string of the molecule is N.O.O.O.O.O.O.O=S(=O)(O)O.[H-].[H-].[Mg+2]. The van der Waals surface area contributed by atoms with E-state index in [1.807, 2.05) is 0 Å². The van der Waals surface area contributed by atoms with E-state index in [-0.39, 0.29) is 64.9 Å². The number of rotatable bonds is 0. The van der Waals surface area contributed by atoms with Crippen molar-refractivity contribution in [3.05, 3.63) is 0 Å². The average molecular weight is 250 g/mol. The summed E-state index contributed by atoms with van der Waals surface area (Å²) >= 11 is 0. The third-order valence-electron chi connectivity index (χ3n) is 0. The molecule has 0 saturated heterocycles. The Balaban J connectivity index is -0.00000000178. The Labute approximate surface area is 93.3 Å². The standard InChI is InChI=1S/Mg.H3N.H2O4S.6H2O.2H/c;;1-5(2,3)4;;;;;;;;/h;1H3;(H2,1,2,3,4);6*1H2;;/q+2;;;;;;;;;2*-1. The first kappa shape index (κ1) is 107. The van der Waals surface area contributed by atoms with Crippen molar-refractivity contribution in [3.8, 4) is 0 Å². The van der Waals surface area contributed by atoms with Crippen molar-refractivity contribution in [1.82, 2.24) is 6.15 Å². The molecule has 11 nitrogen and oxygen atoms in total. The van der Waals surface area contributed by atoms with Crippen LogP contribution in [-0.4, -0.2) is 73.4 Å². The van der Waals surface area contributed by atoms with Crippen molar-refractivity contribution < 1.29 is 53.2 Å². The van der Waals surface area contributed by atoms with Crippen LogP contribution in [0.3, 0.4) is 0 Å². The van der Waals surface area contributed by atoms with Crippen LogP contribution in [0.2, 0.25) is 0 Å². The Morgan fingerprint density at radius 3 is 0.769 bits per heavy atom. The van der Waals surface area contributed by atoms with Crippen molar-refractivity contribution in [2.45, 2.75) is 0 Å². The molecule has 13 heteroatoms. The minimum atomic E-state index is -4.67. The van der Waals surface area contributed by atoms with Gasteiger partial charge in [-0.3, -0.25) is 9.11 Å². The third kappa shape index (κ3) is 10400. The molecule has 0 saturated carbocycles. The molecule has 0 aliphatic carbocycles. The van der Waals surface area contributed by atoms with Gasteiger partial charge in [0.05, 0.1) is 0 Å². The number of hydrogen-bond donors (Lipinski definition) is 3. The predicted octanol–water partition coefficient (Wildman–Crippen LogP) is -5.59. The van der Waals surface area contributed by atoms with Crippen molar-refractivity contribution in [1.29, 1.82) is 0 Å². The monoisotopic (exact) mass is 249 g/mol. The zero-order valence-electron chi connectivity index (χ0n) is 8.53. The van der Waals surface area contributed by atoms with E-state index in [1.54, 1.807) is 0 Å². The summed E-state index contributed by atoms with van der Waals surface area (Å²) in [5.41, 5.74) is 0. The van der Waals surface area contributed by atoms with Gasteiger partial charge in [-0.15, -0.1) is 0 Å². The van der Waals surface area contributed by atoms with E-state index in [0.29, 0.717) is 0 Å². The maximum Gasteiger partial charge on any atom is 2.00 e. The van der Waals surface area contributed by atoms with Crippen LogP contribution in [-0.2, 0) is 10.4 Å². The first-order valence-corrected chi connectivity index (χ1v) is 2.10. The Kier molecular flexibility index (Phi) is 326. The van der Waals surface area contributed by atoms with Gasteiger partial charge in [-0.2, -0.15) is 8.42 Å². The molecule has 0 unspecified atom stereocenters. The normalized spacial score (nSPS) is 4.46. The van der Waals surface area contributed by atoms with E-state index >= 15 is 0 Å². The molecule has 0 aromatic heterocycles. The maximum atomic E-state index is 8.74. The van der Waals surface area contributed by atoms with E-state index in [2.05, 4.69) is 0 Å². The van der Waals surface area contributed by atoms with Gasteiger partial charge in [-0.1, -0.05) is 0 Å². The molecule has 13 heavy (non-hydrogen) atoms. The predicted molar refractivity (Wildman–Crippen MR) is 48.9 cm³/mol. The molecule has 0 aromatic rings. The Bertz CT molecular complexity index is 107. The molecule has 0 spiro atoms. The van der Waals surface area contributed by atoms with E-state index in [0.717, 1.165) is 0 Å². The third-order valence-corrected chi connectivity index (χ3v) is 0. The molecule has 92 valence electrons. The Morgan fingerprint density at radius 1 is 0.769 bits per heavy atom. The summed E-state index contributed by atoms with van der Waals surface area (Å²) in [6.45, 7) is 0. The van der Waals surface area contributed by atoms with Gasteiger partial charge >= 0.3 is 33.5 Å². The topological polar surface area (TPSA) is 299 Å². The van der Waals surface area contributed by atoms with Gasteiger partial charge in [0.15, 0.2) is 0 Å². The van der Waals surface area contributed by atoms with Crippen LogP contribution < -0.4 is 6.15 Å². The van der Waals surface area contributed by atoms with Crippen molar-refractivity contribution in [2.75, 3.05) is 0 Å². The fourth-order valence-corrected chi connectivity index (χ4v) is 0. The molecule has 0 atom stereocenters. The number of hydrogen-bond acceptors (Lipinski definition) is 3.